The molecule has 30 heavy (non-hydrogen) atoms. The van der Waals surface area contributed by atoms with Gasteiger partial charge in [0.05, 0.1) is 17.8 Å². The van der Waals surface area contributed by atoms with Crippen molar-refractivity contribution in [1.29, 1.82) is 0 Å². The normalized spacial score (nSPS) is 16.0. The van der Waals surface area contributed by atoms with Gasteiger partial charge in [-0.3, -0.25) is 19.6 Å². The molecule has 2 aromatic heterocycles. The highest BCUT2D eigenvalue weighted by Gasteiger charge is 2.51. The summed E-state index contributed by atoms with van der Waals surface area (Å²) in [6, 6.07) is 11.6. The fourth-order valence-corrected chi connectivity index (χ4v) is 3.27. The fourth-order valence-electron chi connectivity index (χ4n) is 3.27. The summed E-state index contributed by atoms with van der Waals surface area (Å²) in [6.45, 7) is 3.34. The van der Waals surface area contributed by atoms with Gasteiger partial charge in [0.2, 0.25) is 5.89 Å². The number of carbonyl (C=O) groups excluding carboxylic acids is 2. The van der Waals surface area contributed by atoms with Crippen molar-refractivity contribution in [3.8, 4) is 11.5 Å². The van der Waals surface area contributed by atoms with E-state index in [0.717, 1.165) is 4.90 Å². The number of amides is 3. The molecule has 4 rings (SSSR count). The molecule has 154 valence electrons. The molecule has 0 atom stereocenters. The molecular formula is C20H17F2N5O3. The van der Waals surface area contributed by atoms with Crippen molar-refractivity contribution in [1.82, 2.24) is 20.1 Å². The summed E-state index contributed by atoms with van der Waals surface area (Å²) >= 11 is 0. The maximum atomic E-state index is 13.0. The van der Waals surface area contributed by atoms with E-state index in [1.807, 2.05) is 6.07 Å². The summed E-state index contributed by atoms with van der Waals surface area (Å²) in [5, 5.41) is 6.84. The van der Waals surface area contributed by atoms with Gasteiger partial charge in [0.15, 0.2) is 0 Å². The van der Waals surface area contributed by atoms with Crippen LogP contribution in [0.4, 0.5) is 19.3 Å². The van der Waals surface area contributed by atoms with Crippen LogP contribution >= 0.6 is 0 Å². The van der Waals surface area contributed by atoms with Crippen molar-refractivity contribution < 1.29 is 22.8 Å². The Kier molecular flexibility index (Phi) is 4.76. The van der Waals surface area contributed by atoms with Crippen LogP contribution in [-0.2, 0) is 11.3 Å². The van der Waals surface area contributed by atoms with Crippen LogP contribution in [0.25, 0.3) is 11.5 Å². The molecule has 3 aromatic rings. The average molecular weight is 413 g/mol. The molecule has 0 saturated carbocycles. The molecule has 0 radical (unpaired) electrons. The van der Waals surface area contributed by atoms with E-state index in [9.17, 15) is 18.4 Å². The second-order valence-corrected chi connectivity index (χ2v) is 7.19. The highest BCUT2D eigenvalue weighted by Crippen LogP contribution is 2.34. The number of urea groups is 1. The first kappa shape index (κ1) is 19.6. The summed E-state index contributed by atoms with van der Waals surface area (Å²) < 4.78 is 30.1. The lowest BCUT2D eigenvalue weighted by atomic mass is 10.0. The Hall–Kier alpha value is -3.69. The molecule has 8 nitrogen and oxygen atoms in total. The number of hydrogen-bond acceptors (Lipinski definition) is 6. The maximum Gasteiger partial charge on any atom is 0.332 e. The van der Waals surface area contributed by atoms with Gasteiger partial charge in [-0.25, -0.2) is 4.79 Å². The predicted molar refractivity (Wildman–Crippen MR) is 101 cm³/mol. The van der Waals surface area contributed by atoms with Gasteiger partial charge in [0, 0.05) is 11.9 Å². The Morgan fingerprint density at radius 1 is 1.07 bits per heavy atom. The molecule has 0 spiro atoms. The molecule has 1 aliphatic rings. The Morgan fingerprint density at radius 2 is 1.80 bits per heavy atom. The molecule has 1 aromatic carbocycles. The molecule has 1 saturated heterocycles. The highest BCUT2D eigenvalue weighted by molar-refractivity contribution is 6.16. The zero-order valence-corrected chi connectivity index (χ0v) is 16.1. The molecule has 1 aliphatic heterocycles. The Bertz CT molecular complexity index is 1080. The summed E-state index contributed by atoms with van der Waals surface area (Å²) in [5.74, 6) is -1.21. The summed E-state index contributed by atoms with van der Waals surface area (Å²) in [4.78, 5) is 32.7. The van der Waals surface area contributed by atoms with Crippen molar-refractivity contribution in [3.63, 3.8) is 0 Å². The molecule has 0 N–H and O–H groups in total. The van der Waals surface area contributed by atoms with E-state index in [2.05, 4.69) is 15.2 Å². The van der Waals surface area contributed by atoms with Crippen molar-refractivity contribution in [2.45, 2.75) is 32.4 Å². The van der Waals surface area contributed by atoms with Crippen LogP contribution in [0.5, 0.6) is 0 Å². The molecule has 0 unspecified atom stereocenters. The number of benzene rings is 1. The zero-order chi connectivity index (χ0) is 21.5. The fraction of sp³-hybridized carbons (Fsp3) is 0.250. The van der Waals surface area contributed by atoms with E-state index in [4.69, 9.17) is 4.42 Å². The lowest BCUT2D eigenvalue weighted by Gasteiger charge is -2.27. The SMILES string of the molecule is CC1(C)C(=O)N(Cc2ccc(-c3nnc(C(F)F)o3)cn2)C(=O)N1c1ccccc1. The number of carbonyl (C=O) groups is 2. The largest absolute Gasteiger partial charge is 0.415 e. The van der Waals surface area contributed by atoms with Gasteiger partial charge in [-0.1, -0.05) is 18.2 Å². The third kappa shape index (κ3) is 3.30. The van der Waals surface area contributed by atoms with Crippen LogP contribution < -0.4 is 4.90 Å². The molecular weight excluding hydrogens is 396 g/mol. The van der Waals surface area contributed by atoms with Crippen LogP contribution in [0.15, 0.2) is 53.1 Å². The first-order valence-electron chi connectivity index (χ1n) is 9.07. The van der Waals surface area contributed by atoms with E-state index in [0.29, 0.717) is 16.9 Å². The number of imide groups is 1. The number of para-hydroxylation sites is 1. The number of nitrogens with zero attached hydrogens (tertiary/aromatic N) is 5. The third-order valence-electron chi connectivity index (χ3n) is 4.78. The second kappa shape index (κ2) is 7.29. The summed E-state index contributed by atoms with van der Waals surface area (Å²) in [6.07, 6.45) is -1.50. The Morgan fingerprint density at radius 3 is 2.40 bits per heavy atom. The monoisotopic (exact) mass is 413 g/mol. The lowest BCUT2D eigenvalue weighted by Crippen LogP contribution is -2.44. The smallest absolute Gasteiger partial charge is 0.332 e. The Balaban J connectivity index is 1.55. The van der Waals surface area contributed by atoms with E-state index in [1.54, 1.807) is 50.2 Å². The first-order valence-corrected chi connectivity index (χ1v) is 9.07. The van der Waals surface area contributed by atoms with Crippen LogP contribution in [0, 0.1) is 0 Å². The van der Waals surface area contributed by atoms with Crippen molar-refractivity contribution >= 4 is 17.6 Å². The average Bonchev–Trinajstić information content (AvgIpc) is 3.28. The van der Waals surface area contributed by atoms with Crippen LogP contribution in [0.2, 0.25) is 0 Å². The number of hydrogen-bond donors (Lipinski definition) is 0. The van der Waals surface area contributed by atoms with E-state index < -0.39 is 23.9 Å². The number of anilines is 1. The molecule has 3 amide bonds. The van der Waals surface area contributed by atoms with Crippen molar-refractivity contribution in [2.75, 3.05) is 4.90 Å². The highest BCUT2D eigenvalue weighted by atomic mass is 19.3. The van der Waals surface area contributed by atoms with Gasteiger partial charge in [0.25, 0.3) is 11.8 Å². The van der Waals surface area contributed by atoms with Gasteiger partial charge in [-0.05, 0) is 38.1 Å². The molecule has 10 heteroatoms. The van der Waals surface area contributed by atoms with E-state index in [-0.39, 0.29) is 18.3 Å². The Labute approximate surface area is 170 Å². The number of halogens is 2. The van der Waals surface area contributed by atoms with E-state index >= 15 is 0 Å². The van der Waals surface area contributed by atoms with Gasteiger partial charge in [-0.2, -0.15) is 8.78 Å². The quantitative estimate of drug-likeness (QED) is 0.591. The predicted octanol–water partition coefficient (Wildman–Crippen LogP) is 3.82. The van der Waals surface area contributed by atoms with Gasteiger partial charge >= 0.3 is 12.5 Å². The minimum atomic E-state index is -2.86. The molecule has 0 bridgehead atoms. The van der Waals surface area contributed by atoms with Gasteiger partial charge < -0.3 is 4.42 Å². The zero-order valence-electron chi connectivity index (χ0n) is 16.1. The number of aromatic nitrogens is 3. The molecule has 0 aliphatic carbocycles. The maximum absolute atomic E-state index is 13.0. The summed E-state index contributed by atoms with van der Waals surface area (Å²) in [5.41, 5.74) is 0.370. The number of pyridine rings is 1. The minimum Gasteiger partial charge on any atom is -0.415 e. The van der Waals surface area contributed by atoms with Crippen LogP contribution in [0.3, 0.4) is 0 Å². The van der Waals surface area contributed by atoms with Crippen molar-refractivity contribution in [2.24, 2.45) is 0 Å². The standard InChI is InChI=1S/C20H17F2N5O3/c1-20(2)18(28)26(19(29)27(20)14-6-4-3-5-7-14)11-13-9-8-12(10-23-13)16-24-25-17(30-16)15(21)22/h3-10,15H,11H2,1-2H3. The topological polar surface area (TPSA) is 92.4 Å². The minimum absolute atomic E-state index is 0.0309. The van der Waals surface area contributed by atoms with E-state index in [1.165, 1.54) is 11.1 Å². The van der Waals surface area contributed by atoms with Gasteiger partial charge in [-0.15, -0.1) is 10.2 Å². The summed E-state index contributed by atoms with van der Waals surface area (Å²) in [7, 11) is 0. The van der Waals surface area contributed by atoms with Crippen molar-refractivity contribution in [3.05, 3.63) is 60.2 Å². The van der Waals surface area contributed by atoms with Crippen LogP contribution in [0.1, 0.15) is 31.9 Å². The third-order valence-corrected chi connectivity index (χ3v) is 4.78. The van der Waals surface area contributed by atoms with Crippen LogP contribution in [-0.4, -0.2) is 37.6 Å². The first-order chi connectivity index (χ1) is 14.3. The number of alkyl halides is 2. The molecule has 3 heterocycles. The van der Waals surface area contributed by atoms with Gasteiger partial charge in [0.1, 0.15) is 5.54 Å². The second-order valence-electron chi connectivity index (χ2n) is 7.19. The number of rotatable bonds is 5. The molecule has 1 fully saturated rings. The lowest BCUT2D eigenvalue weighted by molar-refractivity contribution is -0.130.